The highest BCUT2D eigenvalue weighted by atomic mass is 32.1. The molecule has 0 spiro atoms. The van der Waals surface area contributed by atoms with E-state index in [1.54, 1.807) is 30.6 Å². The summed E-state index contributed by atoms with van der Waals surface area (Å²) in [6.45, 7) is 0.756. The molecule has 0 bridgehead atoms. The number of methoxy groups -OCH3 is 1. The van der Waals surface area contributed by atoms with Crippen molar-refractivity contribution in [3.05, 3.63) is 34.4 Å². The molecule has 3 nitrogen and oxygen atoms in total. The second kappa shape index (κ2) is 5.27. The maximum absolute atomic E-state index is 13.9. The van der Waals surface area contributed by atoms with Gasteiger partial charge in [0, 0.05) is 18.0 Å². The van der Waals surface area contributed by atoms with Gasteiger partial charge in [0.05, 0.1) is 18.4 Å². The number of nitrogens with one attached hydrogen (secondary N) is 1. The summed E-state index contributed by atoms with van der Waals surface area (Å²) in [5.74, 6) is 0.221. The Balaban J connectivity index is 1.84. The third kappa shape index (κ3) is 2.77. The molecule has 1 N–H and O–H groups in total. The van der Waals surface area contributed by atoms with Gasteiger partial charge >= 0.3 is 0 Å². The fraction of sp³-hybridized carbons (Fsp3) is 0.357. The summed E-state index contributed by atoms with van der Waals surface area (Å²) < 4.78 is 19.1. The number of nitrogens with zero attached hydrogens (tertiary/aromatic N) is 1. The van der Waals surface area contributed by atoms with E-state index in [-0.39, 0.29) is 5.82 Å². The lowest BCUT2D eigenvalue weighted by molar-refractivity contribution is 0.413. The lowest BCUT2D eigenvalue weighted by Crippen LogP contribution is -2.14. The molecule has 0 amide bonds. The van der Waals surface area contributed by atoms with E-state index < -0.39 is 0 Å². The molecule has 0 radical (unpaired) electrons. The number of aromatic nitrogens is 1. The number of benzene rings is 1. The minimum Gasteiger partial charge on any atom is -0.496 e. The van der Waals surface area contributed by atoms with Gasteiger partial charge in [-0.15, -0.1) is 11.3 Å². The lowest BCUT2D eigenvalue weighted by Gasteiger charge is -2.06. The van der Waals surface area contributed by atoms with Crippen LogP contribution >= 0.6 is 11.3 Å². The van der Waals surface area contributed by atoms with E-state index in [1.165, 1.54) is 18.9 Å². The van der Waals surface area contributed by atoms with E-state index in [1.807, 2.05) is 5.38 Å². The average Bonchev–Trinajstić information content (AvgIpc) is 3.14. The molecule has 0 saturated heterocycles. The number of hydrogen-bond donors (Lipinski definition) is 1. The predicted molar refractivity (Wildman–Crippen MR) is 73.9 cm³/mol. The van der Waals surface area contributed by atoms with Gasteiger partial charge in [0.15, 0.2) is 0 Å². The summed E-state index contributed by atoms with van der Waals surface area (Å²) in [6, 6.07) is 5.47. The van der Waals surface area contributed by atoms with Crippen molar-refractivity contribution in [3.8, 4) is 17.0 Å². The van der Waals surface area contributed by atoms with Gasteiger partial charge in [0.1, 0.15) is 16.6 Å². The molecule has 2 aromatic rings. The van der Waals surface area contributed by atoms with Gasteiger partial charge in [-0.2, -0.15) is 0 Å². The maximum atomic E-state index is 13.9. The second-order valence-electron chi connectivity index (χ2n) is 4.60. The zero-order chi connectivity index (χ0) is 13.2. The van der Waals surface area contributed by atoms with Crippen LogP contribution in [0.3, 0.4) is 0 Å². The first-order valence-electron chi connectivity index (χ1n) is 6.28. The molecule has 1 aromatic carbocycles. The van der Waals surface area contributed by atoms with Crippen LogP contribution < -0.4 is 10.1 Å². The van der Waals surface area contributed by atoms with Gasteiger partial charge < -0.3 is 10.1 Å². The highest BCUT2D eigenvalue weighted by Gasteiger charge is 2.21. The minimum absolute atomic E-state index is 0.300. The fourth-order valence-corrected chi connectivity index (χ4v) is 2.68. The summed E-state index contributed by atoms with van der Waals surface area (Å²) in [5, 5.41) is 6.26. The number of ether oxygens (including phenoxy) is 1. The van der Waals surface area contributed by atoms with E-state index in [0.29, 0.717) is 23.0 Å². The van der Waals surface area contributed by atoms with Crippen LogP contribution in [0.4, 0.5) is 4.39 Å². The standard InChI is InChI=1S/C14H15FN2OS/c1-18-12-4-2-3-10(15)14(12)11-8-19-13(17-11)7-16-9-5-6-9/h2-4,8-9,16H,5-7H2,1H3. The lowest BCUT2D eigenvalue weighted by atomic mass is 10.1. The molecule has 0 atom stereocenters. The first kappa shape index (κ1) is 12.6. The summed E-state index contributed by atoms with van der Waals surface area (Å²) in [4.78, 5) is 4.49. The van der Waals surface area contributed by atoms with E-state index >= 15 is 0 Å². The average molecular weight is 278 g/mol. The van der Waals surface area contributed by atoms with E-state index in [9.17, 15) is 4.39 Å². The molecule has 1 saturated carbocycles. The molecule has 1 aromatic heterocycles. The molecule has 1 aliphatic carbocycles. The molecule has 19 heavy (non-hydrogen) atoms. The van der Waals surface area contributed by atoms with Gasteiger partial charge in [-0.05, 0) is 25.0 Å². The first-order valence-corrected chi connectivity index (χ1v) is 7.16. The van der Waals surface area contributed by atoms with Crippen molar-refractivity contribution < 1.29 is 9.13 Å². The molecule has 1 heterocycles. The second-order valence-corrected chi connectivity index (χ2v) is 5.54. The van der Waals surface area contributed by atoms with Gasteiger partial charge in [-0.3, -0.25) is 0 Å². The van der Waals surface area contributed by atoms with Crippen molar-refractivity contribution in [1.82, 2.24) is 10.3 Å². The topological polar surface area (TPSA) is 34.1 Å². The number of halogens is 1. The Hall–Kier alpha value is -1.46. The Bertz CT molecular complexity index is 581. The third-order valence-electron chi connectivity index (χ3n) is 3.12. The van der Waals surface area contributed by atoms with Crippen LogP contribution in [0.25, 0.3) is 11.3 Å². The van der Waals surface area contributed by atoms with Gasteiger partial charge in [-0.1, -0.05) is 6.07 Å². The van der Waals surface area contributed by atoms with Crippen molar-refractivity contribution >= 4 is 11.3 Å². The van der Waals surface area contributed by atoms with Crippen molar-refractivity contribution in [2.75, 3.05) is 7.11 Å². The smallest absolute Gasteiger partial charge is 0.136 e. The van der Waals surface area contributed by atoms with Crippen LogP contribution in [-0.2, 0) is 6.54 Å². The van der Waals surface area contributed by atoms with Crippen molar-refractivity contribution in [2.45, 2.75) is 25.4 Å². The van der Waals surface area contributed by atoms with Crippen LogP contribution in [0.5, 0.6) is 5.75 Å². The Labute approximate surface area is 115 Å². The van der Waals surface area contributed by atoms with E-state index in [2.05, 4.69) is 10.3 Å². The summed E-state index contributed by atoms with van der Waals surface area (Å²) in [5.41, 5.74) is 1.09. The summed E-state index contributed by atoms with van der Waals surface area (Å²) in [7, 11) is 1.54. The SMILES string of the molecule is COc1cccc(F)c1-c1csc(CNC2CC2)n1. The van der Waals surface area contributed by atoms with Crippen molar-refractivity contribution in [3.63, 3.8) is 0 Å². The minimum atomic E-state index is -0.300. The number of rotatable bonds is 5. The van der Waals surface area contributed by atoms with Crippen LogP contribution in [0.1, 0.15) is 17.8 Å². The van der Waals surface area contributed by atoms with Gasteiger partial charge in [0.2, 0.25) is 0 Å². The maximum Gasteiger partial charge on any atom is 0.136 e. The fourth-order valence-electron chi connectivity index (χ4n) is 1.95. The Morgan fingerprint density at radius 3 is 3.05 bits per heavy atom. The van der Waals surface area contributed by atoms with Crippen molar-refractivity contribution in [2.24, 2.45) is 0 Å². The zero-order valence-electron chi connectivity index (χ0n) is 10.6. The molecule has 3 rings (SSSR count). The molecule has 1 aliphatic rings. The Morgan fingerprint density at radius 2 is 2.32 bits per heavy atom. The molecular weight excluding hydrogens is 263 g/mol. The van der Waals surface area contributed by atoms with Crippen LogP contribution in [0.15, 0.2) is 23.6 Å². The van der Waals surface area contributed by atoms with Crippen LogP contribution in [0, 0.1) is 5.82 Å². The van der Waals surface area contributed by atoms with E-state index in [4.69, 9.17) is 4.74 Å². The van der Waals surface area contributed by atoms with E-state index in [0.717, 1.165) is 11.6 Å². The highest BCUT2D eigenvalue weighted by molar-refractivity contribution is 7.09. The molecule has 1 fully saturated rings. The molecule has 0 unspecified atom stereocenters. The molecule has 100 valence electrons. The van der Waals surface area contributed by atoms with Crippen molar-refractivity contribution in [1.29, 1.82) is 0 Å². The summed E-state index contributed by atoms with van der Waals surface area (Å²) >= 11 is 1.55. The molecular formula is C14H15FN2OS. The Morgan fingerprint density at radius 1 is 1.47 bits per heavy atom. The Kier molecular flexibility index (Phi) is 3.48. The monoisotopic (exact) mass is 278 g/mol. The number of thiazole rings is 1. The van der Waals surface area contributed by atoms with Crippen LogP contribution in [-0.4, -0.2) is 18.1 Å². The predicted octanol–water partition coefficient (Wildman–Crippen LogP) is 3.21. The largest absolute Gasteiger partial charge is 0.496 e. The third-order valence-corrected chi connectivity index (χ3v) is 3.97. The van der Waals surface area contributed by atoms with Gasteiger partial charge in [-0.25, -0.2) is 9.37 Å². The summed E-state index contributed by atoms with van der Waals surface area (Å²) in [6.07, 6.45) is 2.50. The number of hydrogen-bond acceptors (Lipinski definition) is 4. The van der Waals surface area contributed by atoms with Gasteiger partial charge in [0.25, 0.3) is 0 Å². The normalized spacial score (nSPS) is 14.6. The van der Waals surface area contributed by atoms with Crippen LogP contribution in [0.2, 0.25) is 0 Å². The quantitative estimate of drug-likeness (QED) is 0.912. The zero-order valence-corrected chi connectivity index (χ0v) is 11.5. The first-order chi connectivity index (χ1) is 9.28. The highest BCUT2D eigenvalue weighted by Crippen LogP contribution is 2.33. The molecule has 5 heteroatoms. The molecule has 0 aliphatic heterocycles.